The third-order valence-corrected chi connectivity index (χ3v) is 3.62. The van der Waals surface area contributed by atoms with Gasteiger partial charge in [0.1, 0.15) is 0 Å². The van der Waals surface area contributed by atoms with Crippen LogP contribution < -0.4 is 0 Å². The fraction of sp³-hybridized carbons (Fsp3) is 1.00. The van der Waals surface area contributed by atoms with Crippen molar-refractivity contribution in [3.8, 4) is 0 Å². The number of alkyl halides is 2. The van der Waals surface area contributed by atoms with Gasteiger partial charge in [-0.15, -0.1) is 0 Å². The first-order valence-electron chi connectivity index (χ1n) is 5.95. The molecule has 0 unspecified atom stereocenters. The summed E-state index contributed by atoms with van der Waals surface area (Å²) in [6.07, 6.45) is 0. The van der Waals surface area contributed by atoms with E-state index >= 15 is 0 Å². The molecule has 16 heavy (non-hydrogen) atoms. The van der Waals surface area contributed by atoms with Gasteiger partial charge in [0.25, 0.3) is 5.92 Å². The lowest BCUT2D eigenvalue weighted by Gasteiger charge is -2.63. The zero-order valence-corrected chi connectivity index (χ0v) is 10.7. The fourth-order valence-corrected chi connectivity index (χ4v) is 2.84. The molecule has 4 heteroatoms. The highest BCUT2D eigenvalue weighted by Gasteiger charge is 2.54. The highest BCUT2D eigenvalue weighted by Crippen LogP contribution is 2.43. The van der Waals surface area contributed by atoms with Gasteiger partial charge in [0.2, 0.25) is 0 Å². The summed E-state index contributed by atoms with van der Waals surface area (Å²) in [5.41, 5.74) is 0.554. The van der Waals surface area contributed by atoms with Crippen LogP contribution in [0.5, 0.6) is 0 Å². The lowest BCUT2D eigenvalue weighted by atomic mass is 9.71. The molecule has 0 aromatic heterocycles. The molecule has 2 aliphatic heterocycles. The summed E-state index contributed by atoms with van der Waals surface area (Å²) in [5, 5.41) is 0. The predicted molar refractivity (Wildman–Crippen MR) is 60.8 cm³/mol. The molecule has 2 nitrogen and oxygen atoms in total. The van der Waals surface area contributed by atoms with Crippen molar-refractivity contribution in [2.24, 2.45) is 5.41 Å². The van der Waals surface area contributed by atoms with E-state index in [1.54, 1.807) is 0 Å². The monoisotopic (exact) mass is 232 g/mol. The van der Waals surface area contributed by atoms with Crippen molar-refractivity contribution in [1.82, 2.24) is 9.80 Å². The molecule has 0 atom stereocenters. The Morgan fingerprint density at radius 3 is 1.88 bits per heavy atom. The third-order valence-electron chi connectivity index (χ3n) is 3.62. The van der Waals surface area contributed by atoms with E-state index in [2.05, 4.69) is 25.7 Å². The van der Waals surface area contributed by atoms with Gasteiger partial charge in [-0.2, -0.15) is 0 Å². The van der Waals surface area contributed by atoms with E-state index < -0.39 is 5.92 Å². The van der Waals surface area contributed by atoms with E-state index in [4.69, 9.17) is 0 Å². The van der Waals surface area contributed by atoms with E-state index in [0.29, 0.717) is 5.41 Å². The normalized spacial score (nSPS) is 26.6. The largest absolute Gasteiger partial charge is 0.297 e. The van der Waals surface area contributed by atoms with E-state index in [0.717, 1.165) is 33.1 Å². The lowest BCUT2D eigenvalue weighted by Crippen LogP contribution is -2.75. The summed E-state index contributed by atoms with van der Waals surface area (Å²) in [6.45, 7) is 11.4. The van der Waals surface area contributed by atoms with Gasteiger partial charge in [-0.25, -0.2) is 8.78 Å². The van der Waals surface area contributed by atoms with Crippen LogP contribution in [0, 0.1) is 5.41 Å². The standard InChI is InChI=1S/C12H22F2N2/c1-10(2,3)16-8-12(9-16)6-15(7-12)5-11(4,13)14/h5-9H2,1-4H3. The average molecular weight is 232 g/mol. The summed E-state index contributed by atoms with van der Waals surface area (Å²) in [5.74, 6) is -2.55. The lowest BCUT2D eigenvalue weighted by molar-refractivity contribution is -0.163. The zero-order valence-electron chi connectivity index (χ0n) is 10.7. The van der Waals surface area contributed by atoms with Crippen molar-refractivity contribution < 1.29 is 8.78 Å². The maximum atomic E-state index is 12.8. The molecule has 2 aliphatic rings. The molecule has 2 saturated heterocycles. The Kier molecular flexibility index (Phi) is 2.59. The van der Waals surface area contributed by atoms with Crippen LogP contribution in [0.1, 0.15) is 27.7 Å². The Morgan fingerprint density at radius 1 is 1.00 bits per heavy atom. The first-order chi connectivity index (χ1) is 7.10. The first kappa shape index (κ1) is 12.2. The van der Waals surface area contributed by atoms with Crippen LogP contribution in [0.15, 0.2) is 0 Å². The number of hydrogen-bond donors (Lipinski definition) is 0. The summed E-state index contributed by atoms with van der Waals surface area (Å²) in [7, 11) is 0. The smallest absolute Gasteiger partial charge is 0.257 e. The fourth-order valence-electron chi connectivity index (χ4n) is 2.84. The Labute approximate surface area is 96.6 Å². The molecule has 2 rings (SSSR count). The summed E-state index contributed by atoms with van der Waals surface area (Å²) in [6, 6.07) is 0. The highest BCUT2D eigenvalue weighted by molar-refractivity contribution is 5.08. The van der Waals surface area contributed by atoms with Gasteiger partial charge in [-0.3, -0.25) is 9.80 Å². The predicted octanol–water partition coefficient (Wildman–Crippen LogP) is 2.06. The first-order valence-corrected chi connectivity index (χ1v) is 5.95. The van der Waals surface area contributed by atoms with Crippen molar-refractivity contribution in [3.05, 3.63) is 0 Å². The number of halogens is 2. The summed E-state index contributed by atoms with van der Waals surface area (Å²) >= 11 is 0. The number of nitrogens with zero attached hydrogens (tertiary/aromatic N) is 2. The second-order valence-electron chi connectivity index (χ2n) is 6.74. The van der Waals surface area contributed by atoms with Crippen molar-refractivity contribution in [2.75, 3.05) is 32.7 Å². The zero-order chi connectivity index (χ0) is 12.2. The maximum absolute atomic E-state index is 12.8. The topological polar surface area (TPSA) is 6.48 Å². The Morgan fingerprint density at radius 2 is 1.50 bits per heavy atom. The third kappa shape index (κ3) is 2.38. The minimum Gasteiger partial charge on any atom is -0.297 e. The van der Waals surface area contributed by atoms with Gasteiger partial charge in [-0.1, -0.05) is 0 Å². The van der Waals surface area contributed by atoms with Crippen LogP contribution in [0.3, 0.4) is 0 Å². The second kappa shape index (κ2) is 3.39. The molecule has 0 aromatic rings. The SMILES string of the molecule is CC(F)(F)CN1CC2(C1)CN(C(C)(C)C)C2. The van der Waals surface area contributed by atoms with Crippen molar-refractivity contribution >= 4 is 0 Å². The minimum absolute atomic E-state index is 0.0791. The molecule has 0 saturated carbocycles. The Balaban J connectivity index is 1.75. The van der Waals surface area contributed by atoms with Crippen molar-refractivity contribution in [3.63, 3.8) is 0 Å². The van der Waals surface area contributed by atoms with Gasteiger partial charge in [0, 0.05) is 44.1 Å². The van der Waals surface area contributed by atoms with Crippen molar-refractivity contribution in [2.45, 2.75) is 39.2 Å². The highest BCUT2D eigenvalue weighted by atomic mass is 19.3. The molecule has 0 radical (unpaired) electrons. The van der Waals surface area contributed by atoms with Gasteiger partial charge < -0.3 is 0 Å². The maximum Gasteiger partial charge on any atom is 0.257 e. The molecule has 0 aliphatic carbocycles. The molecule has 0 bridgehead atoms. The molecule has 0 aromatic carbocycles. The number of hydrogen-bond acceptors (Lipinski definition) is 2. The van der Waals surface area contributed by atoms with E-state index in [-0.39, 0.29) is 12.1 Å². The van der Waals surface area contributed by atoms with Gasteiger partial charge in [0.15, 0.2) is 0 Å². The number of likely N-dealkylation sites (tertiary alicyclic amines) is 2. The molecule has 2 fully saturated rings. The minimum atomic E-state index is -2.55. The second-order valence-corrected chi connectivity index (χ2v) is 6.74. The molecule has 1 spiro atoms. The molecular weight excluding hydrogens is 210 g/mol. The Bertz CT molecular complexity index is 264. The molecule has 94 valence electrons. The van der Waals surface area contributed by atoms with Crippen LogP contribution in [-0.4, -0.2) is 54.0 Å². The molecular formula is C12H22F2N2. The van der Waals surface area contributed by atoms with E-state index in [1.165, 1.54) is 0 Å². The average Bonchev–Trinajstić information content (AvgIpc) is 1.85. The summed E-state index contributed by atoms with van der Waals surface area (Å²) < 4.78 is 25.6. The van der Waals surface area contributed by atoms with Crippen LogP contribution in [0.2, 0.25) is 0 Å². The van der Waals surface area contributed by atoms with Crippen LogP contribution in [0.4, 0.5) is 8.78 Å². The van der Waals surface area contributed by atoms with Crippen LogP contribution in [0.25, 0.3) is 0 Å². The van der Waals surface area contributed by atoms with Gasteiger partial charge >= 0.3 is 0 Å². The molecule has 0 amide bonds. The number of rotatable bonds is 2. The molecule has 2 heterocycles. The van der Waals surface area contributed by atoms with Crippen LogP contribution >= 0.6 is 0 Å². The van der Waals surface area contributed by atoms with E-state index in [9.17, 15) is 8.78 Å². The van der Waals surface area contributed by atoms with Gasteiger partial charge in [0.05, 0.1) is 6.54 Å². The summed E-state index contributed by atoms with van der Waals surface area (Å²) in [4.78, 5) is 4.30. The Hall–Kier alpha value is -0.220. The quantitative estimate of drug-likeness (QED) is 0.719. The van der Waals surface area contributed by atoms with Crippen LogP contribution in [-0.2, 0) is 0 Å². The van der Waals surface area contributed by atoms with E-state index in [1.807, 2.05) is 4.90 Å². The van der Waals surface area contributed by atoms with Crippen molar-refractivity contribution in [1.29, 1.82) is 0 Å². The molecule has 0 N–H and O–H groups in total. The van der Waals surface area contributed by atoms with Gasteiger partial charge in [-0.05, 0) is 20.8 Å².